The van der Waals surface area contributed by atoms with E-state index >= 15 is 0 Å². The van der Waals surface area contributed by atoms with E-state index in [4.69, 9.17) is 5.11 Å². The number of carbonyl (C=O) groups excluding carboxylic acids is 1. The van der Waals surface area contributed by atoms with Crippen molar-refractivity contribution in [2.24, 2.45) is 0 Å². The van der Waals surface area contributed by atoms with Crippen LogP contribution in [-0.4, -0.2) is 43.3 Å². The van der Waals surface area contributed by atoms with Crippen LogP contribution in [0.2, 0.25) is 0 Å². The Morgan fingerprint density at radius 3 is 2.67 bits per heavy atom. The van der Waals surface area contributed by atoms with E-state index in [2.05, 4.69) is 15.5 Å². The Morgan fingerprint density at radius 2 is 2.07 bits per heavy atom. The van der Waals surface area contributed by atoms with Crippen LogP contribution in [0.4, 0.5) is 4.79 Å². The summed E-state index contributed by atoms with van der Waals surface area (Å²) in [7, 11) is 0. The monoisotopic (exact) mass is 219 g/mol. The predicted molar refractivity (Wildman–Crippen MR) is 53.3 cm³/mol. The number of carboxylic acid groups (broad SMARTS) is 1. The Kier molecular flexibility index (Phi) is 8.40. The van der Waals surface area contributed by atoms with Gasteiger partial charge in [-0.15, -0.1) is 0 Å². The average Bonchev–Trinajstić information content (AvgIpc) is 2.17. The first kappa shape index (κ1) is 13.7. The number of rotatable bonds is 8. The third-order valence-electron chi connectivity index (χ3n) is 1.43. The van der Waals surface area contributed by atoms with Crippen LogP contribution < -0.4 is 16.1 Å². The topological polar surface area (TPSA) is 99.7 Å². The molecule has 0 saturated carbocycles. The van der Waals surface area contributed by atoms with E-state index in [0.717, 1.165) is 19.5 Å². The normalized spacial score (nSPS) is 9.67. The molecule has 7 heteroatoms. The number of aliphatic carboxylic acids is 1. The minimum atomic E-state index is -1.14. The van der Waals surface area contributed by atoms with Crippen LogP contribution in [0.3, 0.4) is 0 Å². The van der Waals surface area contributed by atoms with Crippen LogP contribution >= 0.6 is 0 Å². The fourth-order valence-corrected chi connectivity index (χ4v) is 0.792. The highest BCUT2D eigenvalue weighted by Crippen LogP contribution is 1.75. The van der Waals surface area contributed by atoms with Crippen LogP contribution in [0.25, 0.3) is 0 Å². The van der Waals surface area contributed by atoms with E-state index in [1.165, 1.54) is 0 Å². The summed E-state index contributed by atoms with van der Waals surface area (Å²) in [6.07, 6.45) is 0.806. The molecule has 7 nitrogen and oxygen atoms in total. The van der Waals surface area contributed by atoms with Crippen molar-refractivity contribution in [2.45, 2.75) is 13.3 Å². The number of urea groups is 1. The van der Waals surface area contributed by atoms with Crippen molar-refractivity contribution in [3.63, 3.8) is 0 Å². The number of carboxylic acids is 1. The molecule has 0 radical (unpaired) electrons. The molecule has 2 amide bonds. The minimum absolute atomic E-state index is 0.509. The third-order valence-corrected chi connectivity index (χ3v) is 1.43. The van der Waals surface area contributed by atoms with Gasteiger partial charge in [0.1, 0.15) is 0 Å². The van der Waals surface area contributed by atoms with Gasteiger partial charge in [0.2, 0.25) is 0 Å². The second-order valence-corrected chi connectivity index (χ2v) is 2.75. The molecule has 0 aliphatic carbocycles. The lowest BCUT2D eigenvalue weighted by atomic mass is 10.4. The van der Waals surface area contributed by atoms with Crippen LogP contribution in [0, 0.1) is 0 Å². The lowest BCUT2D eigenvalue weighted by Crippen LogP contribution is -2.37. The van der Waals surface area contributed by atoms with Gasteiger partial charge < -0.3 is 15.7 Å². The summed E-state index contributed by atoms with van der Waals surface area (Å²) >= 11 is 0. The van der Waals surface area contributed by atoms with Gasteiger partial charge >= 0.3 is 12.0 Å². The molecule has 88 valence electrons. The van der Waals surface area contributed by atoms with Gasteiger partial charge in [0.05, 0.1) is 0 Å². The van der Waals surface area contributed by atoms with Crippen molar-refractivity contribution in [1.82, 2.24) is 16.1 Å². The van der Waals surface area contributed by atoms with E-state index in [0.29, 0.717) is 6.54 Å². The van der Waals surface area contributed by atoms with Gasteiger partial charge in [-0.2, -0.15) is 0 Å². The highest BCUT2D eigenvalue weighted by molar-refractivity contribution is 5.73. The first-order chi connectivity index (χ1) is 7.16. The maximum absolute atomic E-state index is 10.9. The molecule has 0 saturated heterocycles. The van der Waals surface area contributed by atoms with Gasteiger partial charge in [-0.1, -0.05) is 6.92 Å². The van der Waals surface area contributed by atoms with Gasteiger partial charge in [-0.3, -0.25) is 4.84 Å². The van der Waals surface area contributed by atoms with Crippen molar-refractivity contribution in [3.8, 4) is 0 Å². The second-order valence-electron chi connectivity index (χ2n) is 2.75. The molecule has 0 spiro atoms. The summed E-state index contributed by atoms with van der Waals surface area (Å²) in [5.41, 5.74) is 1.95. The first-order valence-electron chi connectivity index (χ1n) is 4.75. The van der Waals surface area contributed by atoms with E-state index in [1.807, 2.05) is 12.4 Å². The Balaban J connectivity index is 3.22. The number of hydroxylamine groups is 1. The fraction of sp³-hybridized carbons (Fsp3) is 0.750. The summed E-state index contributed by atoms with van der Waals surface area (Å²) in [5, 5.41) is 13.8. The largest absolute Gasteiger partial charge is 0.479 e. The van der Waals surface area contributed by atoms with Crippen LogP contribution in [0.5, 0.6) is 0 Å². The Hall–Kier alpha value is -1.34. The zero-order chi connectivity index (χ0) is 11.5. The van der Waals surface area contributed by atoms with Crippen LogP contribution in [-0.2, 0) is 9.63 Å². The van der Waals surface area contributed by atoms with Crippen molar-refractivity contribution in [2.75, 3.05) is 26.2 Å². The lowest BCUT2D eigenvalue weighted by Gasteiger charge is -2.06. The lowest BCUT2D eigenvalue weighted by molar-refractivity contribution is -0.144. The van der Waals surface area contributed by atoms with E-state index in [-0.39, 0.29) is 0 Å². The molecule has 15 heavy (non-hydrogen) atoms. The Bertz CT molecular complexity index is 198. The maximum atomic E-state index is 10.9. The molecule has 0 fully saturated rings. The van der Waals surface area contributed by atoms with E-state index < -0.39 is 18.6 Å². The second kappa shape index (κ2) is 9.22. The van der Waals surface area contributed by atoms with Gasteiger partial charge in [0.25, 0.3) is 0 Å². The molecule has 0 atom stereocenters. The summed E-state index contributed by atoms with van der Waals surface area (Å²) in [6, 6.07) is -0.534. The van der Waals surface area contributed by atoms with E-state index in [1.54, 1.807) is 0 Å². The summed E-state index contributed by atoms with van der Waals surface area (Å²) in [4.78, 5) is 25.3. The Morgan fingerprint density at radius 1 is 1.33 bits per heavy atom. The number of carbonyl (C=O) groups is 2. The standard InChI is InChI=1S/C8H17N3O4/c1-2-9-4-3-5-10-8(14)11-15-6-7(12)13/h9H,2-6H2,1H3,(H,12,13)(H2,10,11,14). The van der Waals surface area contributed by atoms with Crippen molar-refractivity contribution >= 4 is 12.0 Å². The highest BCUT2D eigenvalue weighted by atomic mass is 16.7. The van der Waals surface area contributed by atoms with Crippen LogP contribution in [0.1, 0.15) is 13.3 Å². The molecule has 0 aliphatic rings. The number of nitrogens with one attached hydrogen (secondary N) is 3. The van der Waals surface area contributed by atoms with Crippen LogP contribution in [0.15, 0.2) is 0 Å². The van der Waals surface area contributed by atoms with E-state index in [9.17, 15) is 9.59 Å². The SMILES string of the molecule is CCNCCCNC(=O)NOCC(=O)O. The van der Waals surface area contributed by atoms with Gasteiger partial charge in [-0.25, -0.2) is 15.1 Å². The molecule has 4 N–H and O–H groups in total. The summed E-state index contributed by atoms with van der Waals surface area (Å²) in [5.74, 6) is -1.14. The maximum Gasteiger partial charge on any atom is 0.338 e. The zero-order valence-electron chi connectivity index (χ0n) is 8.71. The van der Waals surface area contributed by atoms with Crippen molar-refractivity contribution < 1.29 is 19.5 Å². The Labute approximate surface area is 88.1 Å². The number of hydrogen-bond acceptors (Lipinski definition) is 4. The molecule has 0 aliphatic heterocycles. The number of amides is 2. The average molecular weight is 219 g/mol. The molecule has 0 aromatic rings. The smallest absolute Gasteiger partial charge is 0.338 e. The van der Waals surface area contributed by atoms with Crippen molar-refractivity contribution in [1.29, 1.82) is 0 Å². The summed E-state index contributed by atoms with van der Waals surface area (Å²) < 4.78 is 0. The zero-order valence-corrected chi connectivity index (χ0v) is 8.71. The quantitative estimate of drug-likeness (QED) is 0.319. The van der Waals surface area contributed by atoms with Gasteiger partial charge in [0.15, 0.2) is 6.61 Å². The summed E-state index contributed by atoms with van der Waals surface area (Å²) in [6.45, 7) is 3.68. The molecule has 0 aromatic heterocycles. The molecular weight excluding hydrogens is 202 g/mol. The molecular formula is C8H17N3O4. The predicted octanol–water partition coefficient (Wildman–Crippen LogP) is -0.699. The van der Waals surface area contributed by atoms with Crippen molar-refractivity contribution in [3.05, 3.63) is 0 Å². The molecule has 0 aromatic carbocycles. The highest BCUT2D eigenvalue weighted by Gasteiger charge is 2.00. The third kappa shape index (κ3) is 10.6. The number of hydrogen-bond donors (Lipinski definition) is 4. The molecule has 0 unspecified atom stereocenters. The van der Waals surface area contributed by atoms with Gasteiger partial charge in [0, 0.05) is 6.54 Å². The van der Waals surface area contributed by atoms with Gasteiger partial charge in [-0.05, 0) is 19.5 Å². The molecule has 0 bridgehead atoms. The molecule has 0 heterocycles. The minimum Gasteiger partial charge on any atom is -0.479 e. The molecule has 0 rings (SSSR count). The first-order valence-corrected chi connectivity index (χ1v) is 4.75. The fourth-order valence-electron chi connectivity index (χ4n) is 0.792.